The van der Waals surface area contributed by atoms with E-state index in [1.807, 2.05) is 36.0 Å². The van der Waals surface area contributed by atoms with Crippen LogP contribution in [0.2, 0.25) is 0 Å². The molecule has 1 aromatic heterocycles. The van der Waals surface area contributed by atoms with Crippen LogP contribution in [0.4, 0.5) is 0 Å². The molecule has 0 spiro atoms. The van der Waals surface area contributed by atoms with Crippen LogP contribution >= 0.6 is 0 Å². The predicted molar refractivity (Wildman–Crippen MR) is 72.6 cm³/mol. The lowest BCUT2D eigenvalue weighted by Gasteiger charge is -2.31. The molecule has 0 amide bonds. The first kappa shape index (κ1) is 12.2. The zero-order chi connectivity index (χ0) is 13.2. The maximum absolute atomic E-state index is 5.78. The highest BCUT2D eigenvalue weighted by molar-refractivity contribution is 5.39. The molecule has 1 aliphatic rings. The third kappa shape index (κ3) is 2.11. The number of para-hydroxylation sites is 1. The summed E-state index contributed by atoms with van der Waals surface area (Å²) < 4.78 is 7.70. The molecule has 19 heavy (non-hydrogen) atoms. The zero-order valence-corrected chi connectivity index (χ0v) is 10.9. The summed E-state index contributed by atoms with van der Waals surface area (Å²) in [4.78, 5) is 4.41. The van der Waals surface area contributed by atoms with E-state index in [0.717, 1.165) is 18.0 Å². The molecule has 0 fully saturated rings. The standard InChI is InChI=1S/C14H18N4O/c1-18-8-7-16-14(18)13(17-15)11-6-9-19-12-5-3-2-4-10(11)12/h2-5,7-8,11,13,17H,6,9,15H2,1H3. The lowest BCUT2D eigenvalue weighted by molar-refractivity contribution is 0.242. The van der Waals surface area contributed by atoms with E-state index in [1.54, 1.807) is 6.20 Å². The summed E-state index contributed by atoms with van der Waals surface area (Å²) in [6.45, 7) is 0.713. The van der Waals surface area contributed by atoms with Crippen LogP contribution < -0.4 is 16.0 Å². The van der Waals surface area contributed by atoms with Gasteiger partial charge in [-0.2, -0.15) is 0 Å². The Morgan fingerprint density at radius 1 is 1.47 bits per heavy atom. The van der Waals surface area contributed by atoms with E-state index in [-0.39, 0.29) is 12.0 Å². The Balaban J connectivity index is 2.00. The van der Waals surface area contributed by atoms with Crippen molar-refractivity contribution in [2.75, 3.05) is 6.61 Å². The van der Waals surface area contributed by atoms with E-state index in [9.17, 15) is 0 Å². The zero-order valence-electron chi connectivity index (χ0n) is 10.9. The summed E-state index contributed by atoms with van der Waals surface area (Å²) >= 11 is 0. The van der Waals surface area contributed by atoms with Crippen LogP contribution in [0, 0.1) is 0 Å². The number of nitrogens with one attached hydrogen (secondary N) is 1. The van der Waals surface area contributed by atoms with Crippen LogP contribution in [-0.4, -0.2) is 16.2 Å². The van der Waals surface area contributed by atoms with Crippen LogP contribution in [0.15, 0.2) is 36.7 Å². The normalized spacial score (nSPS) is 19.6. The number of hydrogen-bond acceptors (Lipinski definition) is 4. The molecule has 0 aliphatic carbocycles. The minimum Gasteiger partial charge on any atom is -0.493 e. The molecule has 100 valence electrons. The molecule has 1 aromatic carbocycles. The van der Waals surface area contributed by atoms with Gasteiger partial charge in [0.1, 0.15) is 11.6 Å². The lowest BCUT2D eigenvalue weighted by atomic mass is 9.86. The second kappa shape index (κ2) is 5.03. The molecule has 0 saturated heterocycles. The lowest BCUT2D eigenvalue weighted by Crippen LogP contribution is -2.36. The van der Waals surface area contributed by atoms with Crippen molar-refractivity contribution in [1.82, 2.24) is 15.0 Å². The number of imidazole rings is 1. The third-order valence-corrected chi connectivity index (χ3v) is 3.72. The van der Waals surface area contributed by atoms with Gasteiger partial charge in [0, 0.05) is 25.4 Å². The van der Waals surface area contributed by atoms with Gasteiger partial charge in [-0.05, 0) is 18.1 Å². The number of hydrazine groups is 1. The molecule has 5 nitrogen and oxygen atoms in total. The summed E-state index contributed by atoms with van der Waals surface area (Å²) in [5.74, 6) is 7.95. The smallest absolute Gasteiger partial charge is 0.127 e. The molecular weight excluding hydrogens is 240 g/mol. The molecule has 2 heterocycles. The van der Waals surface area contributed by atoms with Crippen molar-refractivity contribution in [2.24, 2.45) is 12.9 Å². The fourth-order valence-electron chi connectivity index (χ4n) is 2.76. The molecule has 2 aromatic rings. The van der Waals surface area contributed by atoms with Gasteiger partial charge in [0.25, 0.3) is 0 Å². The van der Waals surface area contributed by atoms with Crippen LogP contribution in [0.3, 0.4) is 0 Å². The number of nitrogens with two attached hydrogens (primary N) is 1. The molecule has 2 atom stereocenters. The van der Waals surface area contributed by atoms with Crippen molar-refractivity contribution in [1.29, 1.82) is 0 Å². The summed E-state index contributed by atoms with van der Waals surface area (Å²) in [5.41, 5.74) is 4.11. The van der Waals surface area contributed by atoms with Crippen molar-refractivity contribution >= 4 is 0 Å². The number of ether oxygens (including phenoxy) is 1. The minimum absolute atomic E-state index is 0.00921. The van der Waals surface area contributed by atoms with Gasteiger partial charge in [-0.15, -0.1) is 0 Å². The Bertz CT molecular complexity index is 566. The Morgan fingerprint density at radius 2 is 2.32 bits per heavy atom. The summed E-state index contributed by atoms with van der Waals surface area (Å²) in [6.07, 6.45) is 4.66. The van der Waals surface area contributed by atoms with E-state index < -0.39 is 0 Å². The highest BCUT2D eigenvalue weighted by Crippen LogP contribution is 2.40. The molecule has 0 bridgehead atoms. The van der Waals surface area contributed by atoms with Gasteiger partial charge < -0.3 is 9.30 Å². The van der Waals surface area contributed by atoms with Crippen LogP contribution in [-0.2, 0) is 7.05 Å². The average Bonchev–Trinajstić information content (AvgIpc) is 2.86. The van der Waals surface area contributed by atoms with Gasteiger partial charge in [0.05, 0.1) is 12.6 Å². The highest BCUT2D eigenvalue weighted by atomic mass is 16.5. The first-order chi connectivity index (χ1) is 9.31. The number of rotatable bonds is 3. The van der Waals surface area contributed by atoms with Gasteiger partial charge in [-0.3, -0.25) is 5.84 Å². The first-order valence-corrected chi connectivity index (χ1v) is 6.46. The second-order valence-corrected chi connectivity index (χ2v) is 4.82. The van der Waals surface area contributed by atoms with Crippen molar-refractivity contribution in [3.63, 3.8) is 0 Å². The molecular formula is C14H18N4O. The van der Waals surface area contributed by atoms with E-state index in [1.165, 1.54) is 5.56 Å². The minimum atomic E-state index is -0.00921. The van der Waals surface area contributed by atoms with E-state index in [2.05, 4.69) is 16.5 Å². The molecule has 5 heteroatoms. The SMILES string of the molecule is Cn1ccnc1C(NN)C1CCOc2ccccc21. The van der Waals surface area contributed by atoms with E-state index in [4.69, 9.17) is 10.6 Å². The van der Waals surface area contributed by atoms with Crippen LogP contribution in [0.25, 0.3) is 0 Å². The Labute approximate surface area is 112 Å². The second-order valence-electron chi connectivity index (χ2n) is 4.82. The van der Waals surface area contributed by atoms with Gasteiger partial charge in [0.2, 0.25) is 0 Å². The van der Waals surface area contributed by atoms with Crippen molar-refractivity contribution in [3.8, 4) is 5.75 Å². The van der Waals surface area contributed by atoms with Crippen molar-refractivity contribution < 1.29 is 4.74 Å². The maximum atomic E-state index is 5.78. The van der Waals surface area contributed by atoms with E-state index >= 15 is 0 Å². The number of hydrogen-bond donors (Lipinski definition) is 2. The fourth-order valence-corrected chi connectivity index (χ4v) is 2.76. The molecule has 0 saturated carbocycles. The van der Waals surface area contributed by atoms with E-state index in [0.29, 0.717) is 6.61 Å². The molecule has 2 unspecified atom stereocenters. The molecule has 3 N–H and O–H groups in total. The van der Waals surface area contributed by atoms with Gasteiger partial charge in [0.15, 0.2) is 0 Å². The van der Waals surface area contributed by atoms with Crippen LogP contribution in [0.1, 0.15) is 29.8 Å². The van der Waals surface area contributed by atoms with Gasteiger partial charge >= 0.3 is 0 Å². The van der Waals surface area contributed by atoms with Gasteiger partial charge in [-0.1, -0.05) is 18.2 Å². The van der Waals surface area contributed by atoms with Gasteiger partial charge in [-0.25, -0.2) is 10.4 Å². The fraction of sp³-hybridized carbons (Fsp3) is 0.357. The molecule has 1 aliphatic heterocycles. The number of nitrogens with zero attached hydrogens (tertiary/aromatic N) is 2. The van der Waals surface area contributed by atoms with Crippen molar-refractivity contribution in [3.05, 3.63) is 48.0 Å². The Morgan fingerprint density at radius 3 is 3.05 bits per heavy atom. The summed E-state index contributed by atoms with van der Waals surface area (Å²) in [5, 5.41) is 0. The quantitative estimate of drug-likeness (QED) is 0.646. The summed E-state index contributed by atoms with van der Waals surface area (Å²) in [6, 6.07) is 8.13. The summed E-state index contributed by atoms with van der Waals surface area (Å²) in [7, 11) is 1.98. The topological polar surface area (TPSA) is 65.1 Å². The van der Waals surface area contributed by atoms with Crippen LogP contribution in [0.5, 0.6) is 5.75 Å². The van der Waals surface area contributed by atoms with Crippen molar-refractivity contribution in [2.45, 2.75) is 18.4 Å². The number of aromatic nitrogens is 2. The largest absolute Gasteiger partial charge is 0.493 e. The Kier molecular flexibility index (Phi) is 3.23. The number of fused-ring (bicyclic) bond motifs is 1. The average molecular weight is 258 g/mol. The first-order valence-electron chi connectivity index (χ1n) is 6.46. The predicted octanol–water partition coefficient (Wildman–Crippen LogP) is 1.49. The highest BCUT2D eigenvalue weighted by Gasteiger charge is 2.31. The Hall–Kier alpha value is -1.85. The monoisotopic (exact) mass is 258 g/mol. The number of benzene rings is 1. The number of aryl methyl sites for hydroxylation is 1. The molecule has 0 radical (unpaired) electrons. The third-order valence-electron chi connectivity index (χ3n) is 3.72. The maximum Gasteiger partial charge on any atom is 0.127 e. The molecule has 3 rings (SSSR count).